The smallest absolute Gasteiger partial charge is 0.199 e. The molecular formula is C13H10O3. The van der Waals surface area contributed by atoms with Gasteiger partial charge >= 0.3 is 0 Å². The van der Waals surface area contributed by atoms with Gasteiger partial charge in [0, 0.05) is 0 Å². The second-order valence-corrected chi connectivity index (χ2v) is 3.24. The lowest BCUT2D eigenvalue weighted by Gasteiger charge is -2.02. The summed E-state index contributed by atoms with van der Waals surface area (Å²) in [7, 11) is 0. The molecule has 0 fully saturated rings. The van der Waals surface area contributed by atoms with Crippen LogP contribution in [-0.2, 0) is 4.79 Å². The van der Waals surface area contributed by atoms with Gasteiger partial charge in [-0.1, -0.05) is 13.2 Å². The molecule has 16 heavy (non-hydrogen) atoms. The second kappa shape index (κ2) is 4.06. The summed E-state index contributed by atoms with van der Waals surface area (Å²) in [5, 5.41) is 0. The number of allylic oxidation sites excluding steroid dienone is 2. The van der Waals surface area contributed by atoms with E-state index in [9.17, 15) is 4.79 Å². The SMILES string of the molecule is C=C(C(=O)C(=C)c1ccco1)c1ccco1. The highest BCUT2D eigenvalue weighted by Gasteiger charge is 2.18. The van der Waals surface area contributed by atoms with Crippen LogP contribution in [0, 0.1) is 0 Å². The topological polar surface area (TPSA) is 43.4 Å². The minimum atomic E-state index is -0.287. The summed E-state index contributed by atoms with van der Waals surface area (Å²) < 4.78 is 10.2. The van der Waals surface area contributed by atoms with E-state index >= 15 is 0 Å². The van der Waals surface area contributed by atoms with Crippen molar-refractivity contribution in [2.24, 2.45) is 0 Å². The second-order valence-electron chi connectivity index (χ2n) is 3.24. The van der Waals surface area contributed by atoms with Crippen LogP contribution < -0.4 is 0 Å². The summed E-state index contributed by atoms with van der Waals surface area (Å²) in [6, 6.07) is 6.75. The van der Waals surface area contributed by atoms with Gasteiger partial charge in [-0.15, -0.1) is 0 Å². The fourth-order valence-corrected chi connectivity index (χ4v) is 1.31. The van der Waals surface area contributed by atoms with E-state index in [1.165, 1.54) is 12.5 Å². The van der Waals surface area contributed by atoms with E-state index in [1.807, 2.05) is 0 Å². The molecule has 0 aromatic carbocycles. The lowest BCUT2D eigenvalue weighted by Crippen LogP contribution is -2.01. The van der Waals surface area contributed by atoms with Crippen LogP contribution in [0.5, 0.6) is 0 Å². The van der Waals surface area contributed by atoms with Crippen LogP contribution >= 0.6 is 0 Å². The number of furan rings is 2. The Morgan fingerprint density at radius 1 is 0.938 bits per heavy atom. The van der Waals surface area contributed by atoms with Crippen LogP contribution in [-0.4, -0.2) is 5.78 Å². The highest BCUT2D eigenvalue weighted by atomic mass is 16.3. The quantitative estimate of drug-likeness (QED) is 0.734. The van der Waals surface area contributed by atoms with Crippen molar-refractivity contribution in [1.82, 2.24) is 0 Å². The van der Waals surface area contributed by atoms with Gasteiger partial charge in [0.1, 0.15) is 11.5 Å². The van der Waals surface area contributed by atoms with E-state index in [0.717, 1.165) is 0 Å². The molecule has 0 unspecified atom stereocenters. The minimum absolute atomic E-state index is 0.270. The van der Waals surface area contributed by atoms with Crippen LogP contribution in [0.1, 0.15) is 11.5 Å². The Balaban J connectivity index is 2.21. The van der Waals surface area contributed by atoms with E-state index in [2.05, 4.69) is 13.2 Å². The Kier molecular flexibility index (Phi) is 2.60. The standard InChI is InChI=1S/C13H10O3/c1-9(11-5-3-7-15-11)13(14)10(2)12-6-4-8-16-12/h3-8H,1-2H2. The Hall–Kier alpha value is -2.29. The zero-order valence-electron chi connectivity index (χ0n) is 8.60. The molecule has 2 rings (SSSR count). The number of carbonyl (C=O) groups is 1. The number of hydrogen-bond donors (Lipinski definition) is 0. The zero-order valence-corrected chi connectivity index (χ0v) is 8.60. The lowest BCUT2D eigenvalue weighted by atomic mass is 10.0. The number of hydrogen-bond acceptors (Lipinski definition) is 3. The molecule has 80 valence electrons. The van der Waals surface area contributed by atoms with Gasteiger partial charge in [0.25, 0.3) is 0 Å². The Bertz CT molecular complexity index is 467. The monoisotopic (exact) mass is 214 g/mol. The van der Waals surface area contributed by atoms with Crippen LogP contribution in [0.4, 0.5) is 0 Å². The molecule has 3 nitrogen and oxygen atoms in total. The third kappa shape index (κ3) is 1.75. The minimum Gasteiger partial charge on any atom is -0.464 e. The van der Waals surface area contributed by atoms with Crippen molar-refractivity contribution in [2.75, 3.05) is 0 Å². The average Bonchev–Trinajstić information content (AvgIpc) is 2.97. The molecule has 2 heterocycles. The fourth-order valence-electron chi connectivity index (χ4n) is 1.31. The molecule has 0 radical (unpaired) electrons. The molecule has 0 aliphatic rings. The predicted molar refractivity (Wildman–Crippen MR) is 60.5 cm³/mol. The average molecular weight is 214 g/mol. The number of Topliss-reactive ketones (excluding diaryl/α,β-unsaturated/α-hetero) is 1. The van der Waals surface area contributed by atoms with Crippen molar-refractivity contribution in [3.05, 3.63) is 61.5 Å². The van der Waals surface area contributed by atoms with E-state index in [1.54, 1.807) is 24.3 Å². The van der Waals surface area contributed by atoms with Crippen molar-refractivity contribution >= 4 is 16.9 Å². The van der Waals surface area contributed by atoms with Crippen molar-refractivity contribution in [3.63, 3.8) is 0 Å². The van der Waals surface area contributed by atoms with Gasteiger partial charge in [-0.3, -0.25) is 4.79 Å². The molecular weight excluding hydrogens is 204 g/mol. The first-order valence-electron chi connectivity index (χ1n) is 4.70. The fraction of sp³-hybridized carbons (Fsp3) is 0. The molecule has 0 saturated heterocycles. The van der Waals surface area contributed by atoms with Gasteiger partial charge in [-0.2, -0.15) is 0 Å². The Labute approximate surface area is 92.7 Å². The van der Waals surface area contributed by atoms with Gasteiger partial charge in [0.2, 0.25) is 0 Å². The number of ketones is 1. The lowest BCUT2D eigenvalue weighted by molar-refractivity contribution is -0.108. The maximum atomic E-state index is 11.9. The zero-order chi connectivity index (χ0) is 11.5. The van der Waals surface area contributed by atoms with Crippen molar-refractivity contribution < 1.29 is 13.6 Å². The first kappa shape index (κ1) is 10.2. The molecule has 0 atom stereocenters. The van der Waals surface area contributed by atoms with Gasteiger partial charge in [0.05, 0.1) is 23.7 Å². The summed E-state index contributed by atoms with van der Waals surface area (Å²) in [4.78, 5) is 11.9. The van der Waals surface area contributed by atoms with Gasteiger partial charge in [0.15, 0.2) is 5.78 Å². The summed E-state index contributed by atoms with van der Waals surface area (Å²) in [6.45, 7) is 7.36. The largest absolute Gasteiger partial charge is 0.464 e. The third-order valence-corrected chi connectivity index (χ3v) is 2.19. The molecule has 0 bridgehead atoms. The molecule has 0 saturated carbocycles. The molecule has 2 aromatic heterocycles. The maximum Gasteiger partial charge on any atom is 0.199 e. The molecule has 0 aliphatic carbocycles. The highest BCUT2D eigenvalue weighted by Crippen LogP contribution is 2.22. The predicted octanol–water partition coefficient (Wildman–Crippen LogP) is 3.17. The molecule has 3 heteroatoms. The Morgan fingerprint density at radius 2 is 1.38 bits per heavy atom. The summed E-state index contributed by atoms with van der Waals surface area (Å²) in [6.07, 6.45) is 2.98. The van der Waals surface area contributed by atoms with Crippen LogP contribution in [0.25, 0.3) is 11.1 Å². The molecule has 0 spiro atoms. The van der Waals surface area contributed by atoms with Crippen molar-refractivity contribution in [3.8, 4) is 0 Å². The van der Waals surface area contributed by atoms with Crippen molar-refractivity contribution in [1.29, 1.82) is 0 Å². The van der Waals surface area contributed by atoms with Crippen LogP contribution in [0.15, 0.2) is 58.8 Å². The maximum absolute atomic E-state index is 11.9. The molecule has 0 aliphatic heterocycles. The highest BCUT2D eigenvalue weighted by molar-refractivity contribution is 6.40. The van der Waals surface area contributed by atoms with Crippen LogP contribution in [0.3, 0.4) is 0 Å². The van der Waals surface area contributed by atoms with Crippen LogP contribution in [0.2, 0.25) is 0 Å². The van der Waals surface area contributed by atoms with Gasteiger partial charge < -0.3 is 8.83 Å². The third-order valence-electron chi connectivity index (χ3n) is 2.19. The van der Waals surface area contributed by atoms with E-state index in [4.69, 9.17) is 8.83 Å². The molecule has 0 N–H and O–H groups in total. The first-order chi connectivity index (χ1) is 7.70. The molecule has 2 aromatic rings. The van der Waals surface area contributed by atoms with Gasteiger partial charge in [-0.05, 0) is 24.3 Å². The first-order valence-corrected chi connectivity index (χ1v) is 4.70. The summed E-state index contributed by atoms with van der Waals surface area (Å²) in [5.41, 5.74) is 0.540. The summed E-state index contributed by atoms with van der Waals surface area (Å²) >= 11 is 0. The number of rotatable bonds is 4. The van der Waals surface area contributed by atoms with E-state index in [0.29, 0.717) is 11.5 Å². The molecule has 0 amide bonds. The number of carbonyl (C=O) groups excluding carboxylic acids is 1. The normalized spacial score (nSPS) is 10.0. The van der Waals surface area contributed by atoms with Gasteiger partial charge in [-0.25, -0.2) is 0 Å². The van der Waals surface area contributed by atoms with E-state index in [-0.39, 0.29) is 16.9 Å². The van der Waals surface area contributed by atoms with E-state index < -0.39 is 0 Å². The summed E-state index contributed by atoms with van der Waals surface area (Å²) in [5.74, 6) is 0.598. The Morgan fingerprint density at radius 3 is 1.69 bits per heavy atom. The van der Waals surface area contributed by atoms with Crippen molar-refractivity contribution in [2.45, 2.75) is 0 Å².